The van der Waals surface area contributed by atoms with E-state index in [1.165, 1.54) is 64.2 Å². The van der Waals surface area contributed by atoms with Gasteiger partial charge in [-0.1, -0.05) is 103 Å². The summed E-state index contributed by atoms with van der Waals surface area (Å²) in [5.41, 5.74) is 4.73. The standard InChI is InChI=1S/C21H32N3O3P.C14H22.C4H8/c1-4-14(2)13-24-11-12-27-18-6-5-17(20(28)19(18)21(24)26)22-16-7-9-23(10-8-16)15(3)25;1-3-5-6-10-14-12-8-7-11-13(14)9-4-2;1-2-4-3-1/h5-6,14,16,22H,4,7-13,28H2,1-3H3;7-8,11-12H,3-6,9-10H2,1-2H3;1-4H2. The number of aryl methyl sites for hydroxylation is 2. The van der Waals surface area contributed by atoms with Crippen LogP contribution in [0.15, 0.2) is 36.4 Å². The molecule has 256 valence electrons. The molecule has 2 atom stereocenters. The number of nitrogens with zero attached hydrogens (tertiary/aromatic N) is 2. The lowest BCUT2D eigenvalue weighted by molar-refractivity contribution is -0.129. The molecule has 2 fully saturated rings. The Morgan fingerprint density at radius 1 is 0.935 bits per heavy atom. The molecular formula is C39H62N3O3P. The van der Waals surface area contributed by atoms with Crippen LogP contribution in [-0.2, 0) is 17.6 Å². The van der Waals surface area contributed by atoms with Crippen molar-refractivity contribution in [1.29, 1.82) is 0 Å². The summed E-state index contributed by atoms with van der Waals surface area (Å²) in [6.07, 6.45) is 16.6. The second-order valence-electron chi connectivity index (χ2n) is 13.3. The molecule has 2 aromatic rings. The molecule has 46 heavy (non-hydrogen) atoms. The monoisotopic (exact) mass is 651 g/mol. The Morgan fingerprint density at radius 3 is 2.15 bits per heavy atom. The van der Waals surface area contributed by atoms with E-state index in [0.717, 1.165) is 49.9 Å². The van der Waals surface area contributed by atoms with Gasteiger partial charge in [0, 0.05) is 43.6 Å². The van der Waals surface area contributed by atoms with Crippen molar-refractivity contribution >= 4 is 32.0 Å². The summed E-state index contributed by atoms with van der Waals surface area (Å²) in [5.74, 6) is 1.32. The maximum atomic E-state index is 13.2. The largest absolute Gasteiger partial charge is 0.491 e. The zero-order chi connectivity index (χ0) is 33.3. The highest BCUT2D eigenvalue weighted by Gasteiger charge is 2.28. The van der Waals surface area contributed by atoms with Crippen LogP contribution in [0.5, 0.6) is 5.75 Å². The molecule has 1 aliphatic carbocycles. The topological polar surface area (TPSA) is 61.9 Å². The quantitative estimate of drug-likeness (QED) is 0.196. The van der Waals surface area contributed by atoms with Crippen LogP contribution in [-0.4, -0.2) is 60.4 Å². The van der Waals surface area contributed by atoms with Gasteiger partial charge in [-0.2, -0.15) is 0 Å². The minimum absolute atomic E-state index is 0.0489. The number of amides is 2. The summed E-state index contributed by atoms with van der Waals surface area (Å²) in [7, 11) is 2.74. The summed E-state index contributed by atoms with van der Waals surface area (Å²) in [5, 5.41) is 4.45. The van der Waals surface area contributed by atoms with Gasteiger partial charge in [-0.25, -0.2) is 0 Å². The van der Waals surface area contributed by atoms with E-state index in [9.17, 15) is 9.59 Å². The number of hydrogen-bond donors (Lipinski definition) is 1. The third-order valence-corrected chi connectivity index (χ3v) is 10.1. The first-order valence-corrected chi connectivity index (χ1v) is 18.8. The number of likely N-dealkylation sites (tertiary alicyclic amines) is 1. The van der Waals surface area contributed by atoms with Gasteiger partial charge in [-0.15, -0.1) is 9.24 Å². The van der Waals surface area contributed by atoms with Crippen LogP contribution in [0.4, 0.5) is 5.69 Å². The fourth-order valence-electron chi connectivity index (χ4n) is 5.96. The number of rotatable bonds is 11. The van der Waals surface area contributed by atoms with Gasteiger partial charge < -0.3 is 19.9 Å². The maximum absolute atomic E-state index is 13.2. The highest BCUT2D eigenvalue weighted by atomic mass is 31.0. The van der Waals surface area contributed by atoms with Crippen LogP contribution in [0, 0.1) is 5.92 Å². The van der Waals surface area contributed by atoms with E-state index in [4.69, 9.17) is 4.74 Å². The van der Waals surface area contributed by atoms with Crippen molar-refractivity contribution in [3.8, 4) is 5.75 Å². The van der Waals surface area contributed by atoms with E-state index in [1.807, 2.05) is 21.9 Å². The summed E-state index contributed by atoms with van der Waals surface area (Å²) in [6.45, 7) is 13.9. The normalized spacial score (nSPS) is 16.8. The first-order valence-electron chi connectivity index (χ1n) is 18.2. The number of unbranched alkanes of at least 4 members (excludes halogenated alkanes) is 2. The van der Waals surface area contributed by atoms with Crippen molar-refractivity contribution in [3.05, 3.63) is 53.1 Å². The van der Waals surface area contributed by atoms with Crippen LogP contribution in [0.25, 0.3) is 0 Å². The van der Waals surface area contributed by atoms with Crippen molar-refractivity contribution in [2.75, 3.05) is 38.1 Å². The Hall–Kier alpha value is -2.59. The van der Waals surface area contributed by atoms with E-state index in [0.29, 0.717) is 36.4 Å². The van der Waals surface area contributed by atoms with Gasteiger partial charge in [0.05, 0.1) is 12.1 Å². The van der Waals surface area contributed by atoms with Crippen molar-refractivity contribution in [2.45, 2.75) is 124 Å². The number of nitrogens with one attached hydrogen (secondary N) is 1. The second-order valence-corrected chi connectivity index (χ2v) is 13.9. The lowest BCUT2D eigenvalue weighted by Crippen LogP contribution is -2.42. The average Bonchev–Trinajstić information content (AvgIpc) is 3.17. The van der Waals surface area contributed by atoms with Gasteiger partial charge in [-0.05, 0) is 61.3 Å². The molecule has 1 saturated heterocycles. The van der Waals surface area contributed by atoms with E-state index in [-0.39, 0.29) is 11.8 Å². The molecule has 5 rings (SSSR count). The minimum atomic E-state index is 0.0489. The van der Waals surface area contributed by atoms with Gasteiger partial charge in [0.1, 0.15) is 12.4 Å². The third-order valence-electron chi connectivity index (χ3n) is 9.54. The van der Waals surface area contributed by atoms with Crippen LogP contribution >= 0.6 is 9.24 Å². The highest BCUT2D eigenvalue weighted by Crippen LogP contribution is 2.28. The van der Waals surface area contributed by atoms with Gasteiger partial charge in [0.2, 0.25) is 5.91 Å². The van der Waals surface area contributed by atoms with E-state index in [1.54, 1.807) is 18.1 Å². The molecule has 2 aromatic carbocycles. The van der Waals surface area contributed by atoms with Gasteiger partial charge in [0.15, 0.2) is 0 Å². The first-order chi connectivity index (χ1) is 22.3. The number of carbonyl (C=O) groups is 2. The maximum Gasteiger partial charge on any atom is 0.258 e. The summed E-state index contributed by atoms with van der Waals surface area (Å²) in [6, 6.07) is 13.1. The molecule has 1 saturated carbocycles. The summed E-state index contributed by atoms with van der Waals surface area (Å²) in [4.78, 5) is 28.6. The van der Waals surface area contributed by atoms with Crippen LogP contribution < -0.4 is 15.4 Å². The average molecular weight is 652 g/mol. The fraction of sp³-hybridized carbons (Fsp3) is 0.641. The summed E-state index contributed by atoms with van der Waals surface area (Å²) >= 11 is 0. The van der Waals surface area contributed by atoms with Crippen LogP contribution in [0.2, 0.25) is 0 Å². The number of ether oxygens (including phenoxy) is 1. The van der Waals surface area contributed by atoms with Gasteiger partial charge >= 0.3 is 0 Å². The molecule has 0 aromatic heterocycles. The third kappa shape index (κ3) is 11.9. The van der Waals surface area contributed by atoms with Crippen molar-refractivity contribution in [3.63, 3.8) is 0 Å². The molecule has 2 unspecified atom stereocenters. The Balaban J connectivity index is 0.000000264. The molecule has 2 amide bonds. The number of fused-ring (bicyclic) bond motifs is 1. The van der Waals surface area contributed by atoms with Crippen LogP contribution in [0.3, 0.4) is 0 Å². The van der Waals surface area contributed by atoms with Gasteiger partial charge in [0.25, 0.3) is 5.91 Å². The molecule has 0 spiro atoms. The van der Waals surface area contributed by atoms with Crippen molar-refractivity contribution in [1.82, 2.24) is 9.80 Å². The molecule has 2 aliphatic heterocycles. The lowest BCUT2D eigenvalue weighted by Gasteiger charge is -2.32. The minimum Gasteiger partial charge on any atom is -0.491 e. The number of benzene rings is 2. The number of hydrogen-bond acceptors (Lipinski definition) is 4. The lowest BCUT2D eigenvalue weighted by atomic mass is 9.98. The van der Waals surface area contributed by atoms with E-state index < -0.39 is 0 Å². The van der Waals surface area contributed by atoms with Crippen molar-refractivity contribution in [2.24, 2.45) is 5.92 Å². The molecular weight excluding hydrogens is 589 g/mol. The molecule has 0 radical (unpaired) electrons. The molecule has 3 aliphatic rings. The Bertz CT molecular complexity index is 1200. The molecule has 0 bridgehead atoms. The Labute approximate surface area is 282 Å². The Kier molecular flexibility index (Phi) is 17.0. The highest BCUT2D eigenvalue weighted by molar-refractivity contribution is 7.28. The molecule has 2 heterocycles. The number of carbonyl (C=O) groups excluding carboxylic acids is 2. The molecule has 6 nitrogen and oxygen atoms in total. The van der Waals surface area contributed by atoms with Crippen molar-refractivity contribution < 1.29 is 14.3 Å². The predicted octanol–water partition coefficient (Wildman–Crippen LogP) is 8.42. The van der Waals surface area contributed by atoms with Crippen LogP contribution in [0.1, 0.15) is 127 Å². The fourth-order valence-corrected chi connectivity index (χ4v) is 6.41. The zero-order valence-corrected chi connectivity index (χ0v) is 30.7. The smallest absolute Gasteiger partial charge is 0.258 e. The number of anilines is 1. The predicted molar refractivity (Wildman–Crippen MR) is 198 cm³/mol. The summed E-state index contributed by atoms with van der Waals surface area (Å²) < 4.78 is 5.88. The SMILES string of the molecule is C1CCC1.CCC(C)CN1CCOc2ccc(NC3CCN(C(C)=O)CC3)c(P)c2C1=O.CCCCCc1ccccc1CCC. The zero-order valence-electron chi connectivity index (χ0n) is 29.5. The molecule has 7 heteroatoms. The second kappa shape index (κ2) is 20.6. The number of piperidine rings is 1. The molecule has 1 N–H and O–H groups in total. The van der Waals surface area contributed by atoms with Gasteiger partial charge in [-0.3, -0.25) is 9.59 Å². The Morgan fingerprint density at radius 2 is 1.59 bits per heavy atom. The first kappa shape index (κ1) is 37.9. The van der Waals surface area contributed by atoms with E-state index >= 15 is 0 Å². The van der Waals surface area contributed by atoms with E-state index in [2.05, 4.69) is 66.5 Å².